The molecule has 1 aromatic carbocycles. The zero-order valence-electron chi connectivity index (χ0n) is 9.15. The van der Waals surface area contributed by atoms with E-state index in [1.807, 2.05) is 18.2 Å². The third kappa shape index (κ3) is 2.98. The van der Waals surface area contributed by atoms with Crippen LogP contribution in [0.4, 0.5) is 11.5 Å². The van der Waals surface area contributed by atoms with E-state index in [-0.39, 0.29) is 0 Å². The fourth-order valence-corrected chi connectivity index (χ4v) is 2.01. The lowest BCUT2D eigenvalue weighted by molar-refractivity contribution is 1.30. The Morgan fingerprint density at radius 1 is 1.39 bits per heavy atom. The van der Waals surface area contributed by atoms with Crippen LogP contribution in [0.1, 0.15) is 5.56 Å². The van der Waals surface area contributed by atoms with E-state index in [1.165, 1.54) is 0 Å². The van der Waals surface area contributed by atoms with E-state index in [1.54, 1.807) is 18.3 Å². The number of nitrogens with zero attached hydrogens (tertiary/aromatic N) is 1. The summed E-state index contributed by atoms with van der Waals surface area (Å²) in [7, 11) is 0. The van der Waals surface area contributed by atoms with Gasteiger partial charge in [-0.05, 0) is 46.3 Å². The molecule has 2 aromatic rings. The highest BCUT2D eigenvalue weighted by atomic mass is 79.9. The van der Waals surface area contributed by atoms with Gasteiger partial charge >= 0.3 is 0 Å². The predicted octanol–water partition coefficient (Wildman–Crippen LogP) is 3.88. The summed E-state index contributed by atoms with van der Waals surface area (Å²) in [5.74, 6) is 0.614. The van der Waals surface area contributed by atoms with Crippen molar-refractivity contribution in [2.75, 3.05) is 5.32 Å². The van der Waals surface area contributed by atoms with Gasteiger partial charge in [0.1, 0.15) is 10.8 Å². The number of nitrogens with one attached hydrogen (secondary N) is 1. The number of hydrogen-bond donors (Lipinski definition) is 2. The second-order valence-electron chi connectivity index (χ2n) is 3.52. The normalized spacial score (nSPS) is 10.1. The quantitative estimate of drug-likeness (QED) is 0.831. The van der Waals surface area contributed by atoms with Crippen LogP contribution in [0.2, 0.25) is 5.02 Å². The molecule has 0 bridgehead atoms. The van der Waals surface area contributed by atoms with Crippen LogP contribution in [-0.2, 0) is 0 Å². The van der Waals surface area contributed by atoms with Gasteiger partial charge in [-0.15, -0.1) is 0 Å². The van der Waals surface area contributed by atoms with Crippen LogP contribution in [0.3, 0.4) is 0 Å². The molecule has 0 radical (unpaired) electrons. The highest BCUT2D eigenvalue weighted by Gasteiger charge is 2.07. The lowest BCUT2D eigenvalue weighted by Gasteiger charge is -2.10. The Morgan fingerprint density at radius 2 is 2.17 bits per heavy atom. The van der Waals surface area contributed by atoms with Gasteiger partial charge in [0.15, 0.2) is 0 Å². The Morgan fingerprint density at radius 3 is 2.83 bits per heavy atom. The molecule has 3 nitrogen and oxygen atoms in total. The van der Waals surface area contributed by atoms with Crippen LogP contribution >= 0.6 is 39.7 Å². The molecule has 0 atom stereocenters. The van der Waals surface area contributed by atoms with Gasteiger partial charge in [0.25, 0.3) is 0 Å². The first-order valence-electron chi connectivity index (χ1n) is 5.05. The van der Waals surface area contributed by atoms with Gasteiger partial charge in [-0.2, -0.15) is 0 Å². The van der Waals surface area contributed by atoms with Crippen LogP contribution in [-0.4, -0.2) is 9.97 Å². The minimum Gasteiger partial charge on any atom is -0.389 e. The summed E-state index contributed by atoms with van der Waals surface area (Å²) in [6, 6.07) is 9.14. The monoisotopic (exact) mass is 341 g/mol. The number of hydrogen-bond acceptors (Lipinski definition) is 3. The lowest BCUT2D eigenvalue weighted by atomic mass is 10.2. The molecule has 1 heterocycles. The van der Waals surface area contributed by atoms with E-state index >= 15 is 0 Å². The summed E-state index contributed by atoms with van der Waals surface area (Å²) in [5.41, 5.74) is 7.16. The van der Waals surface area contributed by atoms with Crippen LogP contribution in [0.25, 0.3) is 0 Å². The number of rotatable bonds is 3. The Labute approximate surface area is 123 Å². The first-order chi connectivity index (χ1) is 8.58. The predicted molar refractivity (Wildman–Crippen MR) is 82.6 cm³/mol. The number of thiocarbonyl (C=S) groups is 1. The zero-order valence-corrected chi connectivity index (χ0v) is 12.3. The van der Waals surface area contributed by atoms with Crippen LogP contribution in [0, 0.1) is 0 Å². The van der Waals surface area contributed by atoms with Crippen LogP contribution < -0.4 is 11.1 Å². The number of nitrogens with two attached hydrogens (primary N) is 1. The van der Waals surface area contributed by atoms with Gasteiger partial charge < -0.3 is 11.1 Å². The molecule has 0 spiro atoms. The van der Waals surface area contributed by atoms with Crippen molar-refractivity contribution in [3.05, 3.63) is 51.6 Å². The highest BCUT2D eigenvalue weighted by molar-refractivity contribution is 9.10. The van der Waals surface area contributed by atoms with E-state index in [4.69, 9.17) is 29.6 Å². The summed E-state index contributed by atoms with van der Waals surface area (Å²) in [5, 5.41) is 3.76. The number of pyridine rings is 1. The topological polar surface area (TPSA) is 50.9 Å². The van der Waals surface area contributed by atoms with Crippen molar-refractivity contribution >= 4 is 56.2 Å². The maximum Gasteiger partial charge on any atom is 0.140 e. The molecule has 0 aliphatic carbocycles. The highest BCUT2D eigenvalue weighted by Crippen LogP contribution is 2.27. The lowest BCUT2D eigenvalue weighted by Crippen LogP contribution is -2.12. The van der Waals surface area contributed by atoms with Gasteiger partial charge in [0.2, 0.25) is 0 Å². The fourth-order valence-electron chi connectivity index (χ4n) is 1.41. The number of aromatic nitrogens is 1. The molecule has 1 aromatic heterocycles. The molecule has 0 fully saturated rings. The first-order valence-corrected chi connectivity index (χ1v) is 6.63. The van der Waals surface area contributed by atoms with Crippen molar-refractivity contribution in [1.29, 1.82) is 0 Å². The molecule has 0 unspecified atom stereocenters. The summed E-state index contributed by atoms with van der Waals surface area (Å²) < 4.78 is 0.838. The van der Waals surface area contributed by atoms with Gasteiger partial charge in [-0.25, -0.2) is 4.98 Å². The van der Waals surface area contributed by atoms with Crippen molar-refractivity contribution in [1.82, 2.24) is 4.98 Å². The maximum atomic E-state index is 6.02. The van der Waals surface area contributed by atoms with Crippen LogP contribution in [0.5, 0.6) is 0 Å². The molecule has 0 aliphatic heterocycles. The minimum atomic E-state index is 0.300. The molecule has 6 heteroatoms. The molecule has 2 rings (SSSR count). The summed E-state index contributed by atoms with van der Waals surface area (Å²) in [6.07, 6.45) is 1.67. The van der Waals surface area contributed by atoms with Crippen molar-refractivity contribution in [3.63, 3.8) is 0 Å². The number of benzene rings is 1. The van der Waals surface area contributed by atoms with Gasteiger partial charge in [0, 0.05) is 16.4 Å². The molecule has 3 N–H and O–H groups in total. The van der Waals surface area contributed by atoms with Gasteiger partial charge in [-0.3, -0.25) is 0 Å². The van der Waals surface area contributed by atoms with E-state index < -0.39 is 0 Å². The van der Waals surface area contributed by atoms with Crippen LogP contribution in [0.15, 0.2) is 41.0 Å². The molecular formula is C12H9BrClN3S. The van der Waals surface area contributed by atoms with Gasteiger partial charge in [-0.1, -0.05) is 23.8 Å². The fraction of sp³-hybridized carbons (Fsp3) is 0. The first kappa shape index (κ1) is 13.3. The summed E-state index contributed by atoms with van der Waals surface area (Å²) >= 11 is 14.3. The Hall–Kier alpha value is -1.17. The molecule has 0 saturated carbocycles. The zero-order chi connectivity index (χ0) is 13.1. The van der Waals surface area contributed by atoms with E-state index in [9.17, 15) is 0 Å². The number of anilines is 2. The van der Waals surface area contributed by atoms with Crippen molar-refractivity contribution < 1.29 is 0 Å². The molecule has 0 saturated heterocycles. The SMILES string of the molecule is NC(=S)c1cccnc1Nc1ccc(Br)c(Cl)c1. The third-order valence-electron chi connectivity index (χ3n) is 2.26. The van der Waals surface area contributed by atoms with Gasteiger partial charge in [0.05, 0.1) is 10.6 Å². The molecule has 18 heavy (non-hydrogen) atoms. The second kappa shape index (κ2) is 5.65. The van der Waals surface area contributed by atoms with Crippen molar-refractivity contribution in [2.24, 2.45) is 5.73 Å². The Balaban J connectivity index is 2.34. The minimum absolute atomic E-state index is 0.300. The second-order valence-corrected chi connectivity index (χ2v) is 5.22. The molecular weight excluding hydrogens is 334 g/mol. The van der Waals surface area contributed by atoms with Crippen molar-refractivity contribution in [2.45, 2.75) is 0 Å². The number of halogens is 2. The maximum absolute atomic E-state index is 6.02. The third-order valence-corrected chi connectivity index (χ3v) is 3.71. The average molecular weight is 343 g/mol. The molecule has 0 amide bonds. The Kier molecular flexibility index (Phi) is 4.16. The van der Waals surface area contributed by atoms with E-state index in [0.29, 0.717) is 21.4 Å². The van der Waals surface area contributed by atoms with Crippen molar-refractivity contribution in [3.8, 4) is 0 Å². The standard InChI is InChI=1S/C12H9BrClN3S/c13-9-4-3-7(6-10(9)14)17-12-8(11(15)18)2-1-5-16-12/h1-6H,(H2,15,18)(H,16,17). The largest absolute Gasteiger partial charge is 0.389 e. The summed E-state index contributed by atoms with van der Waals surface area (Å²) in [6.45, 7) is 0. The molecule has 92 valence electrons. The smallest absolute Gasteiger partial charge is 0.140 e. The van der Waals surface area contributed by atoms with E-state index in [2.05, 4.69) is 26.2 Å². The average Bonchev–Trinajstić information content (AvgIpc) is 2.34. The van der Waals surface area contributed by atoms with E-state index in [0.717, 1.165) is 10.2 Å². The summed E-state index contributed by atoms with van der Waals surface area (Å²) in [4.78, 5) is 4.51. The Bertz CT molecular complexity index is 604. The molecule has 0 aliphatic rings.